The molecule has 4 rings (SSSR count). The summed E-state index contributed by atoms with van der Waals surface area (Å²) in [5, 5.41) is 0. The minimum Gasteiger partial charge on any atom is -0.399 e. The fourth-order valence-corrected chi connectivity index (χ4v) is 3.73. The van der Waals surface area contributed by atoms with Crippen LogP contribution >= 0.6 is 0 Å². The van der Waals surface area contributed by atoms with Crippen molar-refractivity contribution in [1.29, 1.82) is 0 Å². The maximum Gasteiger partial charge on any atom is 0.137 e. The van der Waals surface area contributed by atoms with E-state index < -0.39 is 0 Å². The Morgan fingerprint density at radius 1 is 1.00 bits per heavy atom. The van der Waals surface area contributed by atoms with Gasteiger partial charge in [0.15, 0.2) is 0 Å². The van der Waals surface area contributed by atoms with E-state index in [2.05, 4.69) is 46.7 Å². The first-order chi connectivity index (χ1) is 12.2. The predicted octanol–water partition coefficient (Wildman–Crippen LogP) is 4.27. The van der Waals surface area contributed by atoms with Gasteiger partial charge in [0.25, 0.3) is 0 Å². The van der Waals surface area contributed by atoms with Crippen molar-refractivity contribution in [3.63, 3.8) is 0 Å². The lowest BCUT2D eigenvalue weighted by molar-refractivity contribution is 0.273. The monoisotopic (exact) mass is 334 g/mol. The van der Waals surface area contributed by atoms with Crippen LogP contribution in [0.4, 0.5) is 5.69 Å². The van der Waals surface area contributed by atoms with Crippen molar-refractivity contribution in [3.05, 3.63) is 53.9 Å². The first kappa shape index (κ1) is 16.2. The number of fused-ring (bicyclic) bond motifs is 1. The predicted molar refractivity (Wildman–Crippen MR) is 104 cm³/mol. The van der Waals surface area contributed by atoms with E-state index in [4.69, 9.17) is 10.7 Å². The normalized spacial score (nSPS) is 16.2. The van der Waals surface area contributed by atoms with Gasteiger partial charge < -0.3 is 10.1 Å². The summed E-state index contributed by atoms with van der Waals surface area (Å²) in [6.45, 7) is 5.43. The molecule has 3 aromatic rings. The molecule has 0 bridgehead atoms. The third-order valence-corrected chi connectivity index (χ3v) is 5.14. The van der Waals surface area contributed by atoms with E-state index in [0.717, 1.165) is 29.1 Å². The number of nitrogens with two attached hydrogens (primary N) is 1. The smallest absolute Gasteiger partial charge is 0.137 e. The average Bonchev–Trinajstić information content (AvgIpc) is 2.78. The number of rotatable bonds is 3. The molecule has 0 atom stereocenters. The van der Waals surface area contributed by atoms with Crippen LogP contribution in [0.15, 0.2) is 42.6 Å². The highest BCUT2D eigenvalue weighted by atomic mass is 15.1. The highest BCUT2D eigenvalue weighted by Crippen LogP contribution is 2.27. The van der Waals surface area contributed by atoms with Crippen molar-refractivity contribution < 1.29 is 0 Å². The second-order valence-corrected chi connectivity index (χ2v) is 7.15. The lowest BCUT2D eigenvalue weighted by Gasteiger charge is -2.20. The summed E-state index contributed by atoms with van der Waals surface area (Å²) in [7, 11) is 0. The summed E-state index contributed by atoms with van der Waals surface area (Å²) in [6, 6.07) is 12.4. The summed E-state index contributed by atoms with van der Waals surface area (Å²) in [5.74, 6) is 0. The molecule has 0 amide bonds. The zero-order valence-electron chi connectivity index (χ0n) is 14.9. The fraction of sp³-hybridized carbons (Fsp3) is 0.381. The Bertz CT molecular complexity index is 855. The molecule has 0 saturated carbocycles. The molecule has 1 aliphatic rings. The molecule has 1 fully saturated rings. The molecule has 1 aliphatic heterocycles. The molecule has 2 N–H and O–H groups in total. The van der Waals surface area contributed by atoms with Gasteiger partial charge in [-0.3, -0.25) is 4.90 Å². The van der Waals surface area contributed by atoms with Crippen molar-refractivity contribution in [2.45, 2.75) is 39.2 Å². The van der Waals surface area contributed by atoms with Crippen LogP contribution in [0.5, 0.6) is 0 Å². The molecule has 25 heavy (non-hydrogen) atoms. The molecule has 1 aromatic carbocycles. The second-order valence-electron chi connectivity index (χ2n) is 7.15. The van der Waals surface area contributed by atoms with Gasteiger partial charge in [-0.15, -0.1) is 0 Å². The Kier molecular flexibility index (Phi) is 4.45. The van der Waals surface area contributed by atoms with Gasteiger partial charge >= 0.3 is 0 Å². The molecule has 4 heteroatoms. The number of pyridine rings is 1. The number of nitrogen functional groups attached to an aromatic ring is 1. The largest absolute Gasteiger partial charge is 0.399 e. The van der Waals surface area contributed by atoms with E-state index in [-0.39, 0.29) is 0 Å². The van der Waals surface area contributed by atoms with E-state index in [9.17, 15) is 0 Å². The summed E-state index contributed by atoms with van der Waals surface area (Å²) in [6.07, 6.45) is 7.47. The SMILES string of the molecule is Cc1ccn2c(CN3CCCCCC3)c(-c3ccc(N)cc3)nc2c1. The van der Waals surface area contributed by atoms with Crippen LogP contribution in [0, 0.1) is 6.92 Å². The number of hydrogen-bond acceptors (Lipinski definition) is 3. The molecule has 3 heterocycles. The van der Waals surface area contributed by atoms with Crippen LogP contribution in [-0.2, 0) is 6.54 Å². The van der Waals surface area contributed by atoms with Crippen LogP contribution in [0.25, 0.3) is 16.9 Å². The molecule has 0 aliphatic carbocycles. The molecule has 1 saturated heterocycles. The van der Waals surface area contributed by atoms with Crippen LogP contribution < -0.4 is 5.73 Å². The highest BCUT2D eigenvalue weighted by Gasteiger charge is 2.18. The van der Waals surface area contributed by atoms with Crippen molar-refractivity contribution in [2.75, 3.05) is 18.8 Å². The van der Waals surface area contributed by atoms with Gasteiger partial charge in [-0.25, -0.2) is 4.98 Å². The fourth-order valence-electron chi connectivity index (χ4n) is 3.73. The Morgan fingerprint density at radius 2 is 1.72 bits per heavy atom. The quantitative estimate of drug-likeness (QED) is 0.728. The van der Waals surface area contributed by atoms with Crippen molar-refractivity contribution in [1.82, 2.24) is 14.3 Å². The lowest BCUT2D eigenvalue weighted by Crippen LogP contribution is -2.25. The average molecular weight is 334 g/mol. The Morgan fingerprint density at radius 3 is 2.44 bits per heavy atom. The van der Waals surface area contributed by atoms with Gasteiger partial charge in [-0.05, 0) is 62.7 Å². The second kappa shape index (κ2) is 6.89. The van der Waals surface area contributed by atoms with E-state index >= 15 is 0 Å². The number of benzene rings is 1. The minimum absolute atomic E-state index is 0.789. The maximum atomic E-state index is 5.87. The number of aromatic nitrogens is 2. The van der Waals surface area contributed by atoms with Gasteiger partial charge in [-0.1, -0.05) is 25.0 Å². The van der Waals surface area contributed by atoms with Crippen LogP contribution in [0.1, 0.15) is 36.9 Å². The van der Waals surface area contributed by atoms with Gasteiger partial charge in [0.1, 0.15) is 5.65 Å². The van der Waals surface area contributed by atoms with Crippen LogP contribution in [0.3, 0.4) is 0 Å². The van der Waals surface area contributed by atoms with Gasteiger partial charge in [0.05, 0.1) is 11.4 Å². The first-order valence-corrected chi connectivity index (χ1v) is 9.26. The molecule has 4 nitrogen and oxygen atoms in total. The molecular formula is C21H26N4. The Hall–Kier alpha value is -2.33. The third-order valence-electron chi connectivity index (χ3n) is 5.14. The zero-order valence-corrected chi connectivity index (χ0v) is 14.9. The summed E-state index contributed by atoms with van der Waals surface area (Å²) in [4.78, 5) is 7.54. The van der Waals surface area contributed by atoms with Crippen molar-refractivity contribution >= 4 is 11.3 Å². The summed E-state index contributed by atoms with van der Waals surface area (Å²) in [5.41, 5.74) is 12.4. The molecular weight excluding hydrogens is 308 g/mol. The van der Waals surface area contributed by atoms with Crippen molar-refractivity contribution in [3.8, 4) is 11.3 Å². The van der Waals surface area contributed by atoms with E-state index in [0.29, 0.717) is 0 Å². The number of likely N-dealkylation sites (tertiary alicyclic amines) is 1. The number of aryl methyl sites for hydroxylation is 1. The number of hydrogen-bond donors (Lipinski definition) is 1. The minimum atomic E-state index is 0.789. The van der Waals surface area contributed by atoms with Gasteiger partial charge in [-0.2, -0.15) is 0 Å². The number of nitrogens with zero attached hydrogens (tertiary/aromatic N) is 3. The first-order valence-electron chi connectivity index (χ1n) is 9.26. The van der Waals surface area contributed by atoms with Gasteiger partial charge in [0.2, 0.25) is 0 Å². The molecule has 2 aromatic heterocycles. The Labute approximate surface area is 149 Å². The third kappa shape index (κ3) is 3.40. The van der Waals surface area contributed by atoms with E-state index in [1.807, 2.05) is 12.1 Å². The zero-order chi connectivity index (χ0) is 17.2. The van der Waals surface area contributed by atoms with E-state index in [1.165, 1.54) is 50.0 Å². The van der Waals surface area contributed by atoms with Crippen LogP contribution in [-0.4, -0.2) is 27.4 Å². The highest BCUT2D eigenvalue weighted by molar-refractivity contribution is 5.68. The topological polar surface area (TPSA) is 46.6 Å². The molecule has 130 valence electrons. The summed E-state index contributed by atoms with van der Waals surface area (Å²) < 4.78 is 2.25. The molecule has 0 unspecified atom stereocenters. The van der Waals surface area contributed by atoms with Crippen LogP contribution in [0.2, 0.25) is 0 Å². The molecule has 0 spiro atoms. The van der Waals surface area contributed by atoms with Gasteiger partial charge in [0, 0.05) is 24.0 Å². The molecule has 0 radical (unpaired) electrons. The van der Waals surface area contributed by atoms with Crippen molar-refractivity contribution in [2.24, 2.45) is 0 Å². The number of imidazole rings is 1. The summed E-state index contributed by atoms with van der Waals surface area (Å²) >= 11 is 0. The standard InChI is InChI=1S/C21H26N4/c1-16-10-13-25-19(15-24-11-4-2-3-5-12-24)21(23-20(25)14-16)17-6-8-18(22)9-7-17/h6-10,13-14H,2-5,11-12,15,22H2,1H3. The van der Waals surface area contributed by atoms with E-state index in [1.54, 1.807) is 0 Å². The Balaban J connectivity index is 1.78. The lowest BCUT2D eigenvalue weighted by atomic mass is 10.1. The maximum absolute atomic E-state index is 5.87. The number of anilines is 1.